The van der Waals surface area contributed by atoms with Gasteiger partial charge in [0.2, 0.25) is 0 Å². The highest BCUT2D eigenvalue weighted by atomic mass is 16.5. The number of carbonyl (C=O) groups is 1. The van der Waals surface area contributed by atoms with E-state index in [1.54, 1.807) is 19.2 Å². The molecule has 0 atom stereocenters. The SMILES string of the molecule is [C-]#[N+]c1nc(-c2c(C(C)C)cnc3cc(-c4ncc(C(=O)N(C)CCO)cc4C)oc23)ccc1OC1CCOCC1. The highest BCUT2D eigenvalue weighted by Gasteiger charge is 2.25. The maximum Gasteiger partial charge on any atom is 0.312 e. The molecule has 10 nitrogen and oxygen atoms in total. The minimum atomic E-state index is -0.220. The van der Waals surface area contributed by atoms with Crippen LogP contribution in [-0.4, -0.2) is 70.4 Å². The van der Waals surface area contributed by atoms with Crippen LogP contribution in [-0.2, 0) is 4.74 Å². The number of aryl methyl sites for hydroxylation is 1. The van der Waals surface area contributed by atoms with Crippen LogP contribution in [0.4, 0.5) is 5.82 Å². The van der Waals surface area contributed by atoms with Gasteiger partial charge < -0.3 is 28.7 Å². The molecular formula is C31H33N5O5. The molecular weight excluding hydrogens is 522 g/mol. The monoisotopic (exact) mass is 555 g/mol. The van der Waals surface area contributed by atoms with Gasteiger partial charge in [0.05, 0.1) is 30.9 Å². The Bertz CT molecular complexity index is 1620. The summed E-state index contributed by atoms with van der Waals surface area (Å²) in [7, 11) is 1.64. The van der Waals surface area contributed by atoms with Crippen LogP contribution in [0.3, 0.4) is 0 Å². The molecule has 1 fully saturated rings. The predicted octanol–water partition coefficient (Wildman–Crippen LogP) is 5.56. The molecule has 1 aliphatic rings. The zero-order valence-corrected chi connectivity index (χ0v) is 23.7. The number of carbonyl (C=O) groups excluding carboxylic acids is 1. The molecule has 5 heterocycles. The minimum Gasteiger partial charge on any atom is -0.499 e. The largest absolute Gasteiger partial charge is 0.499 e. The maximum absolute atomic E-state index is 12.7. The Morgan fingerprint density at radius 1 is 1.22 bits per heavy atom. The number of aliphatic hydroxyl groups excluding tert-OH is 1. The van der Waals surface area contributed by atoms with E-state index in [0.717, 1.165) is 29.5 Å². The second-order valence-corrected chi connectivity index (χ2v) is 10.5. The predicted molar refractivity (Wildman–Crippen MR) is 154 cm³/mol. The molecule has 0 radical (unpaired) electrons. The lowest BCUT2D eigenvalue weighted by Gasteiger charge is -2.23. The zero-order chi connectivity index (χ0) is 29.1. The first-order chi connectivity index (χ1) is 19.8. The highest BCUT2D eigenvalue weighted by molar-refractivity contribution is 5.95. The smallest absolute Gasteiger partial charge is 0.312 e. The van der Waals surface area contributed by atoms with E-state index in [9.17, 15) is 4.79 Å². The summed E-state index contributed by atoms with van der Waals surface area (Å²) in [6.45, 7) is 15.2. The molecule has 0 unspecified atom stereocenters. The van der Waals surface area contributed by atoms with Crippen molar-refractivity contribution in [1.82, 2.24) is 19.9 Å². The number of aromatic nitrogens is 3. The number of furan rings is 1. The van der Waals surface area contributed by atoms with Crippen LogP contribution >= 0.6 is 0 Å². The molecule has 0 aliphatic carbocycles. The average molecular weight is 556 g/mol. The van der Waals surface area contributed by atoms with E-state index in [0.29, 0.717) is 52.8 Å². The van der Waals surface area contributed by atoms with Crippen molar-refractivity contribution in [3.05, 3.63) is 64.8 Å². The summed E-state index contributed by atoms with van der Waals surface area (Å²) in [6, 6.07) is 7.26. The van der Waals surface area contributed by atoms with Crippen molar-refractivity contribution >= 4 is 22.8 Å². The molecule has 1 amide bonds. The Balaban J connectivity index is 1.55. The number of aliphatic hydroxyl groups is 1. The normalized spacial score (nSPS) is 13.9. The molecule has 1 N–H and O–H groups in total. The van der Waals surface area contributed by atoms with E-state index in [-0.39, 0.29) is 36.9 Å². The molecule has 5 rings (SSSR count). The van der Waals surface area contributed by atoms with Crippen molar-refractivity contribution in [2.24, 2.45) is 0 Å². The minimum absolute atomic E-state index is 0.00381. The third-order valence-corrected chi connectivity index (χ3v) is 7.20. The standard InChI is InChI=1S/C31H33N5O5/c1-18(2)22-17-33-24-15-26(28-19(3)14-20(16-34-28)31(38)36(5)10-11-37)41-29(24)27(22)23-6-7-25(30(32-4)35-23)40-21-8-12-39-13-9-21/h6-7,14-18,21,37H,8-13H2,1-3,5H3. The first-order valence-electron chi connectivity index (χ1n) is 13.7. The summed E-state index contributed by atoms with van der Waals surface area (Å²) in [5.41, 5.74) is 5.29. The molecule has 212 valence electrons. The van der Waals surface area contributed by atoms with Gasteiger partial charge in [0, 0.05) is 44.9 Å². The van der Waals surface area contributed by atoms with Crippen molar-refractivity contribution < 1.29 is 23.8 Å². The second kappa shape index (κ2) is 12.0. The van der Waals surface area contributed by atoms with Crippen LogP contribution in [0.5, 0.6) is 5.75 Å². The third-order valence-electron chi connectivity index (χ3n) is 7.20. The highest BCUT2D eigenvalue weighted by Crippen LogP contribution is 2.40. The number of ether oxygens (including phenoxy) is 2. The van der Waals surface area contributed by atoms with E-state index in [1.807, 2.05) is 25.3 Å². The number of hydrogen-bond donors (Lipinski definition) is 1. The van der Waals surface area contributed by atoms with Crippen LogP contribution in [0.25, 0.3) is 38.7 Å². The fourth-order valence-corrected chi connectivity index (χ4v) is 4.95. The fourth-order valence-electron chi connectivity index (χ4n) is 4.95. The quantitative estimate of drug-likeness (QED) is 0.281. The summed E-state index contributed by atoms with van der Waals surface area (Å²) >= 11 is 0. The molecule has 10 heteroatoms. The Kier molecular flexibility index (Phi) is 8.28. The van der Waals surface area contributed by atoms with Gasteiger partial charge in [-0.3, -0.25) is 14.8 Å². The number of rotatable bonds is 8. The van der Waals surface area contributed by atoms with Crippen molar-refractivity contribution in [2.45, 2.75) is 45.6 Å². The molecule has 41 heavy (non-hydrogen) atoms. The summed E-state index contributed by atoms with van der Waals surface area (Å²) in [6.07, 6.45) is 4.89. The average Bonchev–Trinajstić information content (AvgIpc) is 3.41. The van der Waals surface area contributed by atoms with Crippen LogP contribution in [0.15, 0.2) is 41.1 Å². The number of likely N-dealkylation sites (N-methyl/N-ethyl adjacent to an activating group) is 1. The lowest BCUT2D eigenvalue weighted by Crippen LogP contribution is -2.29. The van der Waals surface area contributed by atoms with E-state index in [4.69, 9.17) is 30.6 Å². The first kappa shape index (κ1) is 28.2. The Morgan fingerprint density at radius 3 is 2.68 bits per heavy atom. The molecule has 4 aromatic rings. The topological polar surface area (TPSA) is 115 Å². The van der Waals surface area contributed by atoms with Gasteiger partial charge >= 0.3 is 5.82 Å². The van der Waals surface area contributed by atoms with Gasteiger partial charge in [-0.25, -0.2) is 0 Å². The summed E-state index contributed by atoms with van der Waals surface area (Å²) < 4.78 is 18.0. The first-order valence-corrected chi connectivity index (χ1v) is 13.7. The fraction of sp³-hybridized carbons (Fsp3) is 0.387. The Morgan fingerprint density at radius 2 is 2.00 bits per heavy atom. The van der Waals surface area contributed by atoms with E-state index >= 15 is 0 Å². The van der Waals surface area contributed by atoms with Crippen molar-refractivity contribution in [1.29, 1.82) is 0 Å². The van der Waals surface area contributed by atoms with E-state index in [2.05, 4.69) is 28.7 Å². The van der Waals surface area contributed by atoms with Gasteiger partial charge in [0.25, 0.3) is 5.91 Å². The summed E-state index contributed by atoms with van der Waals surface area (Å²) in [5, 5.41) is 9.16. The van der Waals surface area contributed by atoms with Crippen molar-refractivity contribution in [2.75, 3.05) is 33.4 Å². The molecule has 1 saturated heterocycles. The van der Waals surface area contributed by atoms with Gasteiger partial charge in [-0.15, -0.1) is 4.98 Å². The van der Waals surface area contributed by atoms with Gasteiger partial charge in [0.1, 0.15) is 23.1 Å². The Hall–Kier alpha value is -4.33. The van der Waals surface area contributed by atoms with Crippen LogP contribution in [0.2, 0.25) is 0 Å². The molecule has 0 saturated carbocycles. The van der Waals surface area contributed by atoms with Gasteiger partial charge in [0.15, 0.2) is 17.0 Å². The number of nitrogens with zero attached hydrogens (tertiary/aromatic N) is 5. The van der Waals surface area contributed by atoms with E-state index < -0.39 is 0 Å². The molecule has 0 spiro atoms. The van der Waals surface area contributed by atoms with Crippen LogP contribution in [0, 0.1) is 13.5 Å². The second-order valence-electron chi connectivity index (χ2n) is 10.5. The van der Waals surface area contributed by atoms with Crippen molar-refractivity contribution in [3.63, 3.8) is 0 Å². The maximum atomic E-state index is 12.7. The summed E-state index contributed by atoms with van der Waals surface area (Å²) in [5.74, 6) is 1.07. The van der Waals surface area contributed by atoms with Gasteiger partial charge in [-0.2, -0.15) is 0 Å². The molecule has 1 aliphatic heterocycles. The summed E-state index contributed by atoms with van der Waals surface area (Å²) in [4.78, 5) is 31.7. The van der Waals surface area contributed by atoms with Gasteiger partial charge in [-0.05, 0) is 42.2 Å². The molecule has 0 bridgehead atoms. The third kappa shape index (κ3) is 5.78. The van der Waals surface area contributed by atoms with Crippen LogP contribution < -0.4 is 4.74 Å². The Labute approximate surface area is 238 Å². The molecule has 4 aromatic heterocycles. The zero-order valence-electron chi connectivity index (χ0n) is 23.7. The number of amides is 1. The van der Waals surface area contributed by atoms with Crippen LogP contribution in [0.1, 0.15) is 54.1 Å². The number of pyridine rings is 3. The number of fused-ring (bicyclic) bond motifs is 1. The van der Waals surface area contributed by atoms with E-state index in [1.165, 1.54) is 11.1 Å². The molecule has 0 aromatic carbocycles. The number of hydrogen-bond acceptors (Lipinski definition) is 8. The van der Waals surface area contributed by atoms with Crippen molar-refractivity contribution in [3.8, 4) is 28.5 Å². The van der Waals surface area contributed by atoms with Gasteiger partial charge in [-0.1, -0.05) is 20.4 Å². The lowest BCUT2D eigenvalue weighted by atomic mass is 9.96. The lowest BCUT2D eigenvalue weighted by molar-refractivity contribution is 0.0258.